The molecule has 0 atom stereocenters. The number of alkyl halides is 1. The van der Waals surface area contributed by atoms with Crippen molar-refractivity contribution in [2.24, 2.45) is 0 Å². The summed E-state index contributed by atoms with van der Waals surface area (Å²) in [5, 5.41) is 5.75. The number of rotatable bonds is 4. The summed E-state index contributed by atoms with van der Waals surface area (Å²) in [7, 11) is 0. The van der Waals surface area contributed by atoms with Crippen LogP contribution in [0.25, 0.3) is 0 Å². The van der Waals surface area contributed by atoms with Crippen LogP contribution in [-0.2, 0) is 0 Å². The molecule has 0 saturated carbocycles. The predicted molar refractivity (Wildman–Crippen MR) is 83.7 cm³/mol. The third-order valence-corrected chi connectivity index (χ3v) is 5.12. The van der Waals surface area contributed by atoms with Crippen molar-refractivity contribution in [2.75, 3.05) is 41.9 Å². The molecule has 0 unspecified atom stereocenters. The first kappa shape index (κ1) is 13.8. The number of halogens is 1. The first-order chi connectivity index (χ1) is 9.78. The molecule has 1 aliphatic rings. The molecule has 0 radical (unpaired) electrons. The van der Waals surface area contributed by atoms with E-state index in [0.717, 1.165) is 36.4 Å². The summed E-state index contributed by atoms with van der Waals surface area (Å²) in [5.41, 5.74) is 0.474. The summed E-state index contributed by atoms with van der Waals surface area (Å²) < 4.78 is 0. The van der Waals surface area contributed by atoms with Gasteiger partial charge in [0.15, 0.2) is 16.0 Å². The molecule has 2 aromatic heterocycles. The minimum absolute atomic E-state index is 0.0129. The molecule has 0 bridgehead atoms. The van der Waals surface area contributed by atoms with Crippen molar-refractivity contribution < 1.29 is 4.79 Å². The van der Waals surface area contributed by atoms with Crippen LogP contribution in [0.4, 0.5) is 10.3 Å². The average molecular weight is 329 g/mol. The van der Waals surface area contributed by atoms with Crippen LogP contribution in [0.5, 0.6) is 0 Å². The highest BCUT2D eigenvalue weighted by Crippen LogP contribution is 2.24. The topological polar surface area (TPSA) is 49.3 Å². The summed E-state index contributed by atoms with van der Waals surface area (Å²) in [6, 6.07) is 0. The molecule has 3 rings (SSSR count). The highest BCUT2D eigenvalue weighted by atomic mass is 35.5. The Morgan fingerprint density at radius 3 is 2.50 bits per heavy atom. The average Bonchev–Trinajstić information content (AvgIpc) is 3.18. The van der Waals surface area contributed by atoms with Crippen molar-refractivity contribution in [1.82, 2.24) is 9.97 Å². The van der Waals surface area contributed by atoms with Crippen LogP contribution in [0.2, 0.25) is 0 Å². The van der Waals surface area contributed by atoms with Crippen LogP contribution in [0.15, 0.2) is 17.0 Å². The van der Waals surface area contributed by atoms with Gasteiger partial charge in [-0.3, -0.25) is 4.79 Å². The van der Waals surface area contributed by atoms with Crippen molar-refractivity contribution in [1.29, 1.82) is 0 Å². The molecule has 0 spiro atoms. The quantitative estimate of drug-likeness (QED) is 0.637. The van der Waals surface area contributed by atoms with E-state index in [4.69, 9.17) is 11.6 Å². The lowest BCUT2D eigenvalue weighted by Crippen LogP contribution is -2.46. The molecule has 1 aliphatic heterocycles. The minimum Gasteiger partial charge on any atom is -0.345 e. The maximum atomic E-state index is 11.5. The maximum absolute atomic E-state index is 11.5. The van der Waals surface area contributed by atoms with E-state index in [0.29, 0.717) is 5.69 Å². The third kappa shape index (κ3) is 2.79. The van der Waals surface area contributed by atoms with Gasteiger partial charge in [0.25, 0.3) is 0 Å². The number of hydrogen-bond acceptors (Lipinski definition) is 7. The van der Waals surface area contributed by atoms with Gasteiger partial charge in [-0.05, 0) is 0 Å². The maximum Gasteiger partial charge on any atom is 0.196 e. The second kappa shape index (κ2) is 6.07. The summed E-state index contributed by atoms with van der Waals surface area (Å²) >= 11 is 8.71. The zero-order chi connectivity index (χ0) is 13.9. The predicted octanol–water partition coefficient (Wildman–Crippen LogP) is 2.35. The Hall–Kier alpha value is -1.18. The fourth-order valence-corrected chi connectivity index (χ4v) is 3.78. The Labute approximate surface area is 129 Å². The lowest BCUT2D eigenvalue weighted by atomic mass is 10.3. The molecule has 2 aromatic rings. The first-order valence-electron chi connectivity index (χ1n) is 6.22. The monoisotopic (exact) mass is 328 g/mol. The molecule has 0 aliphatic carbocycles. The van der Waals surface area contributed by atoms with Crippen molar-refractivity contribution in [3.05, 3.63) is 22.7 Å². The van der Waals surface area contributed by atoms with Gasteiger partial charge in [0.1, 0.15) is 5.69 Å². The molecular weight excluding hydrogens is 316 g/mol. The number of Topliss-reactive ketones (excluding diaryl/α,β-unsaturated/α-hetero) is 1. The van der Waals surface area contributed by atoms with Gasteiger partial charge in [0.2, 0.25) is 0 Å². The number of aromatic nitrogens is 2. The molecule has 1 fully saturated rings. The number of carbonyl (C=O) groups excluding carboxylic acids is 1. The van der Waals surface area contributed by atoms with Gasteiger partial charge >= 0.3 is 0 Å². The Kier molecular flexibility index (Phi) is 4.18. The summed E-state index contributed by atoms with van der Waals surface area (Å²) in [5.74, 6) is -0.128. The van der Waals surface area contributed by atoms with Crippen molar-refractivity contribution in [2.45, 2.75) is 0 Å². The molecule has 0 N–H and O–H groups in total. The Morgan fingerprint density at radius 2 is 1.90 bits per heavy atom. The van der Waals surface area contributed by atoms with Gasteiger partial charge in [0.05, 0.1) is 5.88 Å². The van der Waals surface area contributed by atoms with Gasteiger partial charge in [0, 0.05) is 43.1 Å². The van der Waals surface area contributed by atoms with Crippen LogP contribution in [-0.4, -0.2) is 47.8 Å². The van der Waals surface area contributed by atoms with E-state index in [1.807, 2.05) is 11.6 Å². The Balaban J connectivity index is 1.63. The highest BCUT2D eigenvalue weighted by Gasteiger charge is 2.21. The van der Waals surface area contributed by atoms with E-state index in [9.17, 15) is 4.79 Å². The minimum atomic E-state index is -0.115. The normalized spacial score (nSPS) is 15.7. The van der Waals surface area contributed by atoms with Gasteiger partial charge in [-0.1, -0.05) is 0 Å². The van der Waals surface area contributed by atoms with E-state index < -0.39 is 0 Å². The number of nitrogens with zero attached hydrogens (tertiary/aromatic N) is 4. The van der Waals surface area contributed by atoms with Crippen molar-refractivity contribution in [3.63, 3.8) is 0 Å². The number of ketones is 1. The molecule has 20 heavy (non-hydrogen) atoms. The molecule has 0 amide bonds. The fourth-order valence-electron chi connectivity index (χ4n) is 2.07. The Morgan fingerprint density at radius 1 is 1.20 bits per heavy atom. The first-order valence-corrected chi connectivity index (χ1v) is 8.51. The van der Waals surface area contributed by atoms with E-state index in [-0.39, 0.29) is 11.7 Å². The van der Waals surface area contributed by atoms with Crippen LogP contribution < -0.4 is 9.80 Å². The summed E-state index contributed by atoms with van der Waals surface area (Å²) in [4.78, 5) is 24.7. The van der Waals surface area contributed by atoms with Gasteiger partial charge in [-0.25, -0.2) is 9.97 Å². The fraction of sp³-hybridized carbons (Fsp3) is 0.417. The lowest BCUT2D eigenvalue weighted by Gasteiger charge is -2.34. The summed E-state index contributed by atoms with van der Waals surface area (Å²) in [6.07, 6.45) is 1.83. The summed E-state index contributed by atoms with van der Waals surface area (Å²) in [6.45, 7) is 3.63. The van der Waals surface area contributed by atoms with Crippen molar-refractivity contribution in [3.8, 4) is 0 Å². The van der Waals surface area contributed by atoms with Gasteiger partial charge in [-0.15, -0.1) is 34.3 Å². The van der Waals surface area contributed by atoms with Gasteiger partial charge in [-0.2, -0.15) is 0 Å². The highest BCUT2D eigenvalue weighted by molar-refractivity contribution is 7.14. The van der Waals surface area contributed by atoms with Crippen molar-refractivity contribution >= 4 is 50.3 Å². The Bertz CT molecular complexity index is 578. The molecule has 0 aromatic carbocycles. The zero-order valence-corrected chi connectivity index (χ0v) is 13.0. The van der Waals surface area contributed by atoms with E-state index in [2.05, 4.69) is 19.8 Å². The second-order valence-electron chi connectivity index (χ2n) is 4.36. The lowest BCUT2D eigenvalue weighted by molar-refractivity contribution is 0.101. The smallest absolute Gasteiger partial charge is 0.196 e. The standard InChI is InChI=1S/C12H13ClN4OS2/c13-7-10(18)9-8-20-12(15-9)17-4-2-16(3-5-17)11-14-1-6-19-11/h1,6,8H,2-5,7H2. The molecule has 5 nitrogen and oxygen atoms in total. The largest absolute Gasteiger partial charge is 0.345 e. The molecule has 106 valence electrons. The molecule has 3 heterocycles. The van der Waals surface area contributed by atoms with Crippen LogP contribution >= 0.6 is 34.3 Å². The van der Waals surface area contributed by atoms with Crippen LogP contribution in [0, 0.1) is 0 Å². The van der Waals surface area contributed by atoms with E-state index >= 15 is 0 Å². The SMILES string of the molecule is O=C(CCl)c1csc(N2CCN(c3nccs3)CC2)n1. The van der Waals surface area contributed by atoms with Gasteiger partial charge < -0.3 is 9.80 Å². The van der Waals surface area contributed by atoms with E-state index in [1.54, 1.807) is 16.7 Å². The molecule has 8 heteroatoms. The molecular formula is C12H13ClN4OS2. The number of carbonyl (C=O) groups is 1. The second-order valence-corrected chi connectivity index (χ2v) is 6.34. The number of thiazole rings is 2. The number of hydrogen-bond donors (Lipinski definition) is 0. The van der Waals surface area contributed by atoms with Crippen LogP contribution in [0.3, 0.4) is 0 Å². The molecule has 1 saturated heterocycles. The number of anilines is 2. The third-order valence-electron chi connectivity index (χ3n) is 3.14. The van der Waals surface area contributed by atoms with Crippen LogP contribution in [0.1, 0.15) is 10.5 Å². The number of piperazine rings is 1. The van der Waals surface area contributed by atoms with E-state index in [1.165, 1.54) is 11.3 Å². The zero-order valence-electron chi connectivity index (χ0n) is 10.7.